The first kappa shape index (κ1) is 16.3. The number of benzene rings is 1. The fourth-order valence-corrected chi connectivity index (χ4v) is 4.64. The van der Waals surface area contributed by atoms with Crippen molar-refractivity contribution in [3.8, 4) is 0 Å². The highest BCUT2D eigenvalue weighted by atomic mass is 32.2. The van der Waals surface area contributed by atoms with Crippen molar-refractivity contribution in [1.29, 1.82) is 0 Å². The normalized spacial score (nSPS) is 24.8. The fourth-order valence-electron chi connectivity index (χ4n) is 2.87. The van der Waals surface area contributed by atoms with E-state index in [1.54, 1.807) is 0 Å². The average Bonchev–Trinajstić information content (AvgIpc) is 2.39. The van der Waals surface area contributed by atoms with Crippen LogP contribution in [0.1, 0.15) is 43.7 Å². The third-order valence-electron chi connectivity index (χ3n) is 4.00. The minimum atomic E-state index is -4.46. The Morgan fingerprint density at radius 2 is 2.05 bits per heavy atom. The Morgan fingerprint density at radius 1 is 1.33 bits per heavy atom. The molecule has 3 atom stereocenters. The van der Waals surface area contributed by atoms with Gasteiger partial charge in [-0.2, -0.15) is 13.2 Å². The lowest BCUT2D eigenvalue weighted by atomic mass is 9.91. The number of halogens is 3. The van der Waals surface area contributed by atoms with E-state index in [2.05, 4.69) is 6.92 Å². The molecule has 118 valence electrons. The lowest BCUT2D eigenvalue weighted by Gasteiger charge is -2.26. The maximum absolute atomic E-state index is 13.0. The van der Waals surface area contributed by atoms with Crippen LogP contribution in [-0.4, -0.2) is 9.46 Å². The van der Waals surface area contributed by atoms with Gasteiger partial charge in [0.1, 0.15) is 0 Å². The topological polar surface area (TPSA) is 43.1 Å². The standard InChI is InChI=1S/C15H20F3NOS/c1-10-3-2-4-13(7-10)21(20)9-11-5-6-12(19)8-14(11)15(16,17)18/h5-6,8,10,13H,2-4,7,9,19H2,1H3. The van der Waals surface area contributed by atoms with Gasteiger partial charge in [0.05, 0.1) is 5.56 Å². The molecule has 0 aromatic heterocycles. The summed E-state index contributed by atoms with van der Waals surface area (Å²) in [6, 6.07) is 3.71. The van der Waals surface area contributed by atoms with Crippen LogP contribution < -0.4 is 5.73 Å². The first-order valence-corrected chi connectivity index (χ1v) is 8.48. The van der Waals surface area contributed by atoms with Crippen LogP contribution in [0.3, 0.4) is 0 Å². The number of nitrogens with two attached hydrogens (primary N) is 1. The van der Waals surface area contributed by atoms with E-state index in [1.165, 1.54) is 12.1 Å². The summed E-state index contributed by atoms with van der Waals surface area (Å²) in [6.07, 6.45) is -0.667. The van der Waals surface area contributed by atoms with E-state index < -0.39 is 22.5 Å². The van der Waals surface area contributed by atoms with Crippen LogP contribution in [0.5, 0.6) is 0 Å². The van der Waals surface area contributed by atoms with Gasteiger partial charge in [0.2, 0.25) is 0 Å². The highest BCUT2D eigenvalue weighted by molar-refractivity contribution is 7.84. The molecule has 6 heteroatoms. The maximum atomic E-state index is 13.0. The summed E-state index contributed by atoms with van der Waals surface area (Å²) in [5.41, 5.74) is 4.83. The molecule has 1 fully saturated rings. The van der Waals surface area contributed by atoms with Gasteiger partial charge in [-0.1, -0.05) is 25.8 Å². The van der Waals surface area contributed by atoms with E-state index in [0.717, 1.165) is 31.7 Å². The van der Waals surface area contributed by atoms with E-state index >= 15 is 0 Å². The number of nitrogen functional groups attached to an aromatic ring is 1. The van der Waals surface area contributed by atoms with E-state index in [4.69, 9.17) is 5.73 Å². The molecule has 0 spiro atoms. The molecule has 0 heterocycles. The van der Waals surface area contributed by atoms with E-state index in [1.807, 2.05) is 0 Å². The number of anilines is 1. The second-order valence-corrected chi connectivity index (χ2v) is 7.55. The molecule has 2 rings (SSSR count). The summed E-state index contributed by atoms with van der Waals surface area (Å²) in [7, 11) is -1.27. The number of alkyl halides is 3. The highest BCUT2D eigenvalue weighted by Gasteiger charge is 2.34. The molecule has 1 aromatic carbocycles. The van der Waals surface area contributed by atoms with Crippen molar-refractivity contribution >= 4 is 16.5 Å². The SMILES string of the molecule is CC1CCCC(S(=O)Cc2ccc(N)cc2C(F)(F)F)C1. The molecule has 0 aliphatic heterocycles. The highest BCUT2D eigenvalue weighted by Crippen LogP contribution is 2.35. The first-order valence-electron chi connectivity index (χ1n) is 7.10. The molecule has 3 unspecified atom stereocenters. The maximum Gasteiger partial charge on any atom is 0.416 e. The zero-order chi connectivity index (χ0) is 15.6. The number of rotatable bonds is 3. The van der Waals surface area contributed by atoms with Gasteiger partial charge >= 0.3 is 6.18 Å². The van der Waals surface area contributed by atoms with Crippen molar-refractivity contribution < 1.29 is 17.4 Å². The van der Waals surface area contributed by atoms with Gasteiger partial charge in [0.15, 0.2) is 0 Å². The molecule has 21 heavy (non-hydrogen) atoms. The van der Waals surface area contributed by atoms with E-state index in [9.17, 15) is 17.4 Å². The van der Waals surface area contributed by atoms with Gasteiger partial charge in [-0.25, -0.2) is 0 Å². The minimum absolute atomic E-state index is 0.00684. The van der Waals surface area contributed by atoms with Crippen LogP contribution in [-0.2, 0) is 22.7 Å². The van der Waals surface area contributed by atoms with Crippen molar-refractivity contribution in [2.24, 2.45) is 5.92 Å². The molecule has 0 amide bonds. The van der Waals surface area contributed by atoms with Gasteiger partial charge in [0, 0.05) is 27.5 Å². The largest absolute Gasteiger partial charge is 0.416 e. The molecular formula is C15H20F3NOS. The third kappa shape index (κ3) is 4.22. The summed E-state index contributed by atoms with van der Waals surface area (Å²) >= 11 is 0. The molecular weight excluding hydrogens is 299 g/mol. The van der Waals surface area contributed by atoms with Crippen LogP contribution in [0, 0.1) is 5.92 Å². The summed E-state index contributed by atoms with van der Waals surface area (Å²) in [5, 5.41) is 0.00684. The lowest BCUT2D eigenvalue weighted by molar-refractivity contribution is -0.138. The summed E-state index contributed by atoms with van der Waals surface area (Å²) < 4.78 is 51.5. The molecule has 1 aliphatic rings. The number of hydrogen-bond donors (Lipinski definition) is 1. The Kier molecular flexibility index (Phi) is 4.96. The van der Waals surface area contributed by atoms with Gasteiger partial charge in [-0.15, -0.1) is 0 Å². The molecule has 0 saturated heterocycles. The molecule has 1 aliphatic carbocycles. The Labute approximate surface area is 125 Å². The van der Waals surface area contributed by atoms with Crippen LogP contribution in [0.25, 0.3) is 0 Å². The minimum Gasteiger partial charge on any atom is -0.399 e. The second kappa shape index (κ2) is 6.38. The average molecular weight is 319 g/mol. The van der Waals surface area contributed by atoms with Gasteiger partial charge < -0.3 is 5.73 Å². The molecule has 0 radical (unpaired) electrons. The summed E-state index contributed by atoms with van der Waals surface area (Å²) in [6.45, 7) is 2.10. The van der Waals surface area contributed by atoms with Crippen LogP contribution in [0.4, 0.5) is 18.9 Å². The quantitative estimate of drug-likeness (QED) is 0.852. The second-order valence-electron chi connectivity index (χ2n) is 5.83. The zero-order valence-corrected chi connectivity index (χ0v) is 12.8. The van der Waals surface area contributed by atoms with Crippen molar-refractivity contribution in [3.05, 3.63) is 29.3 Å². The first-order chi connectivity index (χ1) is 9.77. The smallest absolute Gasteiger partial charge is 0.399 e. The Balaban J connectivity index is 2.17. The monoisotopic (exact) mass is 319 g/mol. The van der Waals surface area contributed by atoms with Crippen molar-refractivity contribution in [1.82, 2.24) is 0 Å². The van der Waals surface area contributed by atoms with Crippen molar-refractivity contribution in [3.63, 3.8) is 0 Å². The predicted octanol–water partition coefficient (Wildman–Crippen LogP) is 4.12. The van der Waals surface area contributed by atoms with Gasteiger partial charge in [-0.05, 0) is 36.5 Å². The third-order valence-corrected chi connectivity index (χ3v) is 5.76. The molecule has 2 N–H and O–H groups in total. The Morgan fingerprint density at radius 3 is 2.67 bits per heavy atom. The Bertz CT molecular complexity index is 530. The number of hydrogen-bond acceptors (Lipinski definition) is 2. The van der Waals surface area contributed by atoms with Crippen LogP contribution >= 0.6 is 0 Å². The van der Waals surface area contributed by atoms with E-state index in [0.29, 0.717) is 5.92 Å². The van der Waals surface area contributed by atoms with Gasteiger partial charge in [-0.3, -0.25) is 4.21 Å². The Hall–Kier alpha value is -1.04. The molecule has 1 saturated carbocycles. The zero-order valence-electron chi connectivity index (χ0n) is 12.0. The molecule has 1 aromatic rings. The van der Waals surface area contributed by atoms with Crippen molar-refractivity contribution in [2.75, 3.05) is 5.73 Å². The summed E-state index contributed by atoms with van der Waals surface area (Å²) in [5.74, 6) is 0.452. The summed E-state index contributed by atoms with van der Waals surface area (Å²) in [4.78, 5) is 0. The van der Waals surface area contributed by atoms with Crippen LogP contribution in [0.15, 0.2) is 18.2 Å². The molecule has 0 bridgehead atoms. The predicted molar refractivity (Wildman–Crippen MR) is 79.1 cm³/mol. The lowest BCUT2D eigenvalue weighted by Crippen LogP contribution is -2.24. The van der Waals surface area contributed by atoms with Gasteiger partial charge in [0.25, 0.3) is 0 Å². The van der Waals surface area contributed by atoms with E-state index in [-0.39, 0.29) is 22.3 Å². The molecule has 2 nitrogen and oxygen atoms in total. The van der Waals surface area contributed by atoms with Crippen LogP contribution in [0.2, 0.25) is 0 Å². The van der Waals surface area contributed by atoms with Crippen molar-refractivity contribution in [2.45, 2.75) is 49.8 Å². The fraction of sp³-hybridized carbons (Fsp3) is 0.600.